The predicted octanol–water partition coefficient (Wildman–Crippen LogP) is 0.828. The van der Waals surface area contributed by atoms with Crippen molar-refractivity contribution in [1.82, 2.24) is 0 Å². The summed E-state index contributed by atoms with van der Waals surface area (Å²) in [5.41, 5.74) is 0.367. The minimum absolute atomic E-state index is 0.0726. The molecule has 0 bridgehead atoms. The fourth-order valence-electron chi connectivity index (χ4n) is 1.84. The number of methoxy groups -OCH3 is 2. The number of ether oxygens (including phenoxy) is 3. The number of hydrogen-bond acceptors (Lipinski definition) is 5. The maximum Gasteiger partial charge on any atom is 0.343 e. The standard InChI is InChI=1S/C11H12O6/c1-15-7-3-5-6(12)4-17-9(5)10(16-2)8(7)11(13)14/h3,6,12H,4H2,1-2H3,(H,13,14)/t6-/m1/s1. The molecule has 92 valence electrons. The van der Waals surface area contributed by atoms with Gasteiger partial charge >= 0.3 is 5.97 Å². The second-order valence-corrected chi connectivity index (χ2v) is 3.54. The SMILES string of the molecule is COc1cc2c(c(OC)c1C(=O)O)OC[C@H]2O. The second kappa shape index (κ2) is 4.14. The van der Waals surface area contributed by atoms with Crippen LogP contribution in [0.15, 0.2) is 6.07 Å². The Morgan fingerprint density at radius 3 is 2.71 bits per heavy atom. The zero-order chi connectivity index (χ0) is 12.6. The lowest BCUT2D eigenvalue weighted by molar-refractivity contribution is 0.0689. The van der Waals surface area contributed by atoms with Gasteiger partial charge in [0, 0.05) is 5.56 Å². The lowest BCUT2D eigenvalue weighted by atomic mass is 10.0. The number of carboxylic acid groups (broad SMARTS) is 1. The van der Waals surface area contributed by atoms with Crippen LogP contribution in [0.5, 0.6) is 17.2 Å². The predicted molar refractivity (Wildman–Crippen MR) is 57.0 cm³/mol. The quantitative estimate of drug-likeness (QED) is 0.813. The fraction of sp³-hybridized carbons (Fsp3) is 0.364. The van der Waals surface area contributed by atoms with E-state index >= 15 is 0 Å². The summed E-state index contributed by atoms with van der Waals surface area (Å²) in [4.78, 5) is 11.2. The molecular formula is C11H12O6. The third-order valence-electron chi connectivity index (χ3n) is 2.61. The summed E-state index contributed by atoms with van der Waals surface area (Å²) in [5.74, 6) is -0.703. The Morgan fingerprint density at radius 2 is 2.18 bits per heavy atom. The molecule has 6 heteroatoms. The Kier molecular flexibility index (Phi) is 2.81. The fourth-order valence-corrected chi connectivity index (χ4v) is 1.84. The Hall–Kier alpha value is -1.95. The highest BCUT2D eigenvalue weighted by atomic mass is 16.5. The largest absolute Gasteiger partial charge is 0.496 e. The molecule has 0 saturated carbocycles. The number of fused-ring (bicyclic) bond motifs is 1. The van der Waals surface area contributed by atoms with Crippen molar-refractivity contribution >= 4 is 5.97 Å². The number of rotatable bonds is 3. The minimum Gasteiger partial charge on any atom is -0.496 e. The van der Waals surface area contributed by atoms with Crippen molar-refractivity contribution in [2.45, 2.75) is 6.10 Å². The number of benzene rings is 1. The van der Waals surface area contributed by atoms with Crippen LogP contribution >= 0.6 is 0 Å². The first kappa shape index (κ1) is 11.5. The maximum absolute atomic E-state index is 11.2. The summed E-state index contributed by atoms with van der Waals surface area (Å²) in [6, 6.07) is 1.46. The van der Waals surface area contributed by atoms with Gasteiger partial charge in [0.05, 0.1) is 14.2 Å². The highest BCUT2D eigenvalue weighted by molar-refractivity contribution is 5.96. The lowest BCUT2D eigenvalue weighted by Crippen LogP contribution is -2.05. The van der Waals surface area contributed by atoms with E-state index < -0.39 is 12.1 Å². The monoisotopic (exact) mass is 240 g/mol. The van der Waals surface area contributed by atoms with Crippen molar-refractivity contribution in [1.29, 1.82) is 0 Å². The van der Waals surface area contributed by atoms with Gasteiger partial charge in [0.1, 0.15) is 24.0 Å². The molecule has 2 rings (SSSR count). The maximum atomic E-state index is 11.2. The highest BCUT2D eigenvalue weighted by Gasteiger charge is 2.32. The van der Waals surface area contributed by atoms with Gasteiger partial charge in [-0.3, -0.25) is 0 Å². The molecule has 0 radical (unpaired) electrons. The first-order chi connectivity index (χ1) is 8.10. The molecule has 1 aliphatic heterocycles. The van der Waals surface area contributed by atoms with Gasteiger partial charge in [0.25, 0.3) is 0 Å². The van der Waals surface area contributed by atoms with Crippen LogP contribution in [0.1, 0.15) is 22.0 Å². The second-order valence-electron chi connectivity index (χ2n) is 3.54. The van der Waals surface area contributed by atoms with E-state index in [1.165, 1.54) is 20.3 Å². The number of hydrogen-bond donors (Lipinski definition) is 2. The van der Waals surface area contributed by atoms with Gasteiger partial charge < -0.3 is 24.4 Å². The van der Waals surface area contributed by atoms with Crippen LogP contribution in [0.2, 0.25) is 0 Å². The Morgan fingerprint density at radius 1 is 1.47 bits per heavy atom. The zero-order valence-corrected chi connectivity index (χ0v) is 9.39. The van der Waals surface area contributed by atoms with Crippen molar-refractivity contribution in [3.05, 3.63) is 17.2 Å². The molecule has 6 nitrogen and oxygen atoms in total. The molecule has 1 aromatic carbocycles. The van der Waals surface area contributed by atoms with Crippen LogP contribution in [0.3, 0.4) is 0 Å². The first-order valence-electron chi connectivity index (χ1n) is 4.93. The average molecular weight is 240 g/mol. The van der Waals surface area contributed by atoms with Crippen molar-refractivity contribution in [2.75, 3.05) is 20.8 Å². The van der Waals surface area contributed by atoms with E-state index in [0.717, 1.165) is 0 Å². The van der Waals surface area contributed by atoms with E-state index in [2.05, 4.69) is 0 Å². The molecule has 1 atom stereocenters. The van der Waals surface area contributed by atoms with Crippen molar-refractivity contribution in [3.63, 3.8) is 0 Å². The molecule has 0 unspecified atom stereocenters. The number of carbonyl (C=O) groups is 1. The van der Waals surface area contributed by atoms with Gasteiger partial charge in [-0.25, -0.2) is 4.79 Å². The molecule has 1 heterocycles. The molecular weight excluding hydrogens is 228 g/mol. The van der Waals surface area contributed by atoms with Crippen LogP contribution < -0.4 is 14.2 Å². The number of aromatic carboxylic acids is 1. The number of aliphatic hydroxyl groups is 1. The molecule has 0 saturated heterocycles. The van der Waals surface area contributed by atoms with Gasteiger partial charge in [-0.2, -0.15) is 0 Å². The molecule has 0 spiro atoms. The van der Waals surface area contributed by atoms with Gasteiger partial charge in [-0.1, -0.05) is 0 Å². The van der Waals surface area contributed by atoms with Crippen LogP contribution in [0, 0.1) is 0 Å². The Balaban J connectivity index is 2.72. The third kappa shape index (κ3) is 1.66. The summed E-state index contributed by atoms with van der Waals surface area (Å²) in [7, 11) is 2.70. The van der Waals surface area contributed by atoms with Gasteiger partial charge in [0.15, 0.2) is 11.5 Å². The van der Waals surface area contributed by atoms with Crippen LogP contribution in [0.25, 0.3) is 0 Å². The molecule has 0 aromatic heterocycles. The van der Waals surface area contributed by atoms with Gasteiger partial charge in [-0.15, -0.1) is 0 Å². The van der Waals surface area contributed by atoms with E-state index in [1.54, 1.807) is 0 Å². The van der Waals surface area contributed by atoms with E-state index in [9.17, 15) is 9.90 Å². The highest BCUT2D eigenvalue weighted by Crippen LogP contribution is 2.46. The summed E-state index contributed by atoms with van der Waals surface area (Å²) >= 11 is 0. The topological polar surface area (TPSA) is 85.2 Å². The Labute approximate surface area is 97.3 Å². The van der Waals surface area contributed by atoms with Crippen molar-refractivity contribution < 1.29 is 29.2 Å². The third-order valence-corrected chi connectivity index (χ3v) is 2.61. The molecule has 1 aromatic rings. The lowest BCUT2D eigenvalue weighted by Gasteiger charge is -2.13. The molecule has 1 aliphatic rings. The minimum atomic E-state index is -1.17. The molecule has 0 fully saturated rings. The first-order valence-corrected chi connectivity index (χ1v) is 4.93. The smallest absolute Gasteiger partial charge is 0.343 e. The zero-order valence-electron chi connectivity index (χ0n) is 9.39. The Bertz CT molecular complexity index is 468. The average Bonchev–Trinajstić information content (AvgIpc) is 2.68. The summed E-state index contributed by atoms with van der Waals surface area (Å²) in [6.07, 6.45) is -0.796. The summed E-state index contributed by atoms with van der Waals surface area (Å²) < 4.78 is 15.3. The normalized spacial score (nSPS) is 17.2. The van der Waals surface area contributed by atoms with E-state index in [1.807, 2.05) is 0 Å². The summed E-state index contributed by atoms with van der Waals surface area (Å²) in [5, 5.41) is 18.8. The van der Waals surface area contributed by atoms with Gasteiger partial charge in [-0.05, 0) is 6.07 Å². The van der Waals surface area contributed by atoms with Crippen LogP contribution in [-0.2, 0) is 0 Å². The molecule has 0 aliphatic carbocycles. The molecule has 17 heavy (non-hydrogen) atoms. The van der Waals surface area contributed by atoms with Crippen molar-refractivity contribution in [3.8, 4) is 17.2 Å². The van der Waals surface area contributed by atoms with Gasteiger partial charge in [0.2, 0.25) is 0 Å². The molecule has 2 N–H and O–H groups in total. The summed E-state index contributed by atoms with van der Waals surface area (Å²) in [6.45, 7) is 0.0813. The number of aliphatic hydroxyl groups excluding tert-OH is 1. The molecule has 0 amide bonds. The van der Waals surface area contributed by atoms with Crippen LogP contribution in [-0.4, -0.2) is 37.0 Å². The van der Waals surface area contributed by atoms with E-state index in [4.69, 9.17) is 19.3 Å². The number of carboxylic acids is 1. The van der Waals surface area contributed by atoms with Crippen molar-refractivity contribution in [2.24, 2.45) is 0 Å². The van der Waals surface area contributed by atoms with Crippen LogP contribution in [0.4, 0.5) is 0 Å². The van der Waals surface area contributed by atoms with E-state index in [0.29, 0.717) is 5.56 Å². The van der Waals surface area contributed by atoms with E-state index in [-0.39, 0.29) is 29.4 Å².